The average molecular weight is 272 g/mol. The monoisotopic (exact) mass is 272 g/mol. The van der Waals surface area contributed by atoms with Crippen molar-refractivity contribution in [1.82, 2.24) is 14.9 Å². The summed E-state index contributed by atoms with van der Waals surface area (Å²) in [6.07, 6.45) is 2.45. The minimum atomic E-state index is 0.428. The number of nitrogens with two attached hydrogens (primary N) is 1. The van der Waals surface area contributed by atoms with E-state index >= 15 is 0 Å². The molecule has 3 N–H and O–H groups in total. The van der Waals surface area contributed by atoms with Gasteiger partial charge in [0.25, 0.3) is 5.95 Å². The van der Waals surface area contributed by atoms with Crippen molar-refractivity contribution in [2.75, 3.05) is 11.3 Å². The Morgan fingerprint density at radius 2 is 2.00 bits per heavy atom. The number of aryl methyl sites for hydroxylation is 1. The molecule has 0 aliphatic heterocycles. The Morgan fingerprint density at radius 3 is 2.55 bits per heavy atom. The van der Waals surface area contributed by atoms with Gasteiger partial charge >= 0.3 is 0 Å². The van der Waals surface area contributed by atoms with E-state index in [1.165, 1.54) is 10.2 Å². The predicted octanol–water partition coefficient (Wildman–Crippen LogP) is 2.12. The van der Waals surface area contributed by atoms with Crippen LogP contribution in [0.15, 0.2) is 29.4 Å². The van der Waals surface area contributed by atoms with Gasteiger partial charge in [0.1, 0.15) is 0 Å². The molecule has 1 aromatic heterocycles. The maximum Gasteiger partial charge on any atom is 0.263 e. The summed E-state index contributed by atoms with van der Waals surface area (Å²) in [6, 6.07) is 8.27. The van der Waals surface area contributed by atoms with E-state index in [9.17, 15) is 0 Å². The maximum atomic E-state index is 5.80. The highest BCUT2D eigenvalue weighted by atomic mass is 15.5. The molecule has 0 bridgehead atoms. The second-order valence-corrected chi connectivity index (χ2v) is 4.85. The molecule has 2 aromatic rings. The molecule has 6 heteroatoms. The number of hydrogen-bond acceptors (Lipinski definition) is 5. The summed E-state index contributed by atoms with van der Waals surface area (Å²) in [5.41, 5.74) is 5.11. The molecule has 0 amide bonds. The average Bonchev–Trinajstić information content (AvgIpc) is 2.80. The van der Waals surface area contributed by atoms with Gasteiger partial charge in [-0.2, -0.15) is 5.10 Å². The van der Waals surface area contributed by atoms with Crippen LogP contribution in [0.4, 0.5) is 5.95 Å². The Labute approximate surface area is 118 Å². The topological polar surface area (TPSA) is 81.1 Å². The Morgan fingerprint density at radius 1 is 1.30 bits per heavy atom. The number of hydrogen-bond donors (Lipinski definition) is 2. The van der Waals surface area contributed by atoms with Crippen molar-refractivity contribution in [3.8, 4) is 0 Å². The van der Waals surface area contributed by atoms with Crippen molar-refractivity contribution in [3.63, 3.8) is 0 Å². The first kappa shape index (κ1) is 14.0. The van der Waals surface area contributed by atoms with Crippen LogP contribution in [0.25, 0.3) is 0 Å². The molecule has 0 fully saturated rings. The SMILES string of the molecule is CCc1nnc(N/N=C/c2ccc(C(C)C)cc2)n1N. The van der Waals surface area contributed by atoms with E-state index in [2.05, 4.69) is 46.7 Å². The van der Waals surface area contributed by atoms with Gasteiger partial charge in [-0.15, -0.1) is 10.2 Å². The van der Waals surface area contributed by atoms with Crippen LogP contribution in [0.3, 0.4) is 0 Å². The maximum absolute atomic E-state index is 5.80. The van der Waals surface area contributed by atoms with Crippen molar-refractivity contribution in [3.05, 3.63) is 41.2 Å². The molecule has 0 saturated heterocycles. The summed E-state index contributed by atoms with van der Waals surface area (Å²) >= 11 is 0. The molecule has 20 heavy (non-hydrogen) atoms. The van der Waals surface area contributed by atoms with E-state index in [-0.39, 0.29) is 0 Å². The highest BCUT2D eigenvalue weighted by Gasteiger charge is 2.05. The van der Waals surface area contributed by atoms with Crippen LogP contribution >= 0.6 is 0 Å². The van der Waals surface area contributed by atoms with Gasteiger partial charge in [0.05, 0.1) is 6.21 Å². The molecular formula is C14H20N6. The lowest BCUT2D eigenvalue weighted by Gasteiger charge is -2.04. The Kier molecular flexibility index (Phi) is 4.34. The summed E-state index contributed by atoms with van der Waals surface area (Å²) < 4.78 is 1.40. The van der Waals surface area contributed by atoms with Gasteiger partial charge in [-0.25, -0.2) is 10.1 Å². The third kappa shape index (κ3) is 3.14. The zero-order valence-corrected chi connectivity index (χ0v) is 12.0. The van der Waals surface area contributed by atoms with Crippen molar-refractivity contribution in [2.24, 2.45) is 5.10 Å². The van der Waals surface area contributed by atoms with Gasteiger partial charge in [-0.3, -0.25) is 0 Å². The number of benzene rings is 1. The fourth-order valence-corrected chi connectivity index (χ4v) is 1.77. The van der Waals surface area contributed by atoms with Crippen LogP contribution in [0.1, 0.15) is 43.6 Å². The van der Waals surface area contributed by atoms with Crippen LogP contribution in [0, 0.1) is 0 Å². The van der Waals surface area contributed by atoms with Crippen molar-refractivity contribution in [1.29, 1.82) is 0 Å². The molecule has 0 saturated carbocycles. The number of rotatable bonds is 5. The van der Waals surface area contributed by atoms with Gasteiger partial charge in [-0.05, 0) is 17.0 Å². The van der Waals surface area contributed by atoms with E-state index < -0.39 is 0 Å². The molecule has 1 aromatic carbocycles. The lowest BCUT2D eigenvalue weighted by molar-refractivity contribution is 0.855. The molecule has 0 aliphatic rings. The minimum absolute atomic E-state index is 0.428. The number of anilines is 1. The Bertz CT molecular complexity index is 582. The van der Waals surface area contributed by atoms with Crippen LogP contribution in [-0.2, 0) is 6.42 Å². The van der Waals surface area contributed by atoms with E-state index in [1.807, 2.05) is 19.1 Å². The zero-order chi connectivity index (χ0) is 14.5. The second-order valence-electron chi connectivity index (χ2n) is 4.85. The first-order chi connectivity index (χ1) is 9.61. The van der Waals surface area contributed by atoms with Gasteiger partial charge in [-0.1, -0.05) is 45.0 Å². The molecule has 6 nitrogen and oxygen atoms in total. The van der Waals surface area contributed by atoms with E-state index in [1.54, 1.807) is 6.21 Å². The smallest absolute Gasteiger partial charge is 0.263 e. The third-order valence-electron chi connectivity index (χ3n) is 3.06. The molecule has 0 unspecified atom stereocenters. The highest BCUT2D eigenvalue weighted by Crippen LogP contribution is 2.13. The number of hydrazone groups is 1. The quantitative estimate of drug-likeness (QED) is 0.496. The first-order valence-electron chi connectivity index (χ1n) is 6.70. The molecule has 2 rings (SSSR count). The van der Waals surface area contributed by atoms with Gasteiger partial charge in [0.2, 0.25) is 0 Å². The summed E-state index contributed by atoms with van der Waals surface area (Å²) in [6.45, 7) is 6.31. The lowest BCUT2D eigenvalue weighted by Crippen LogP contribution is -2.14. The molecule has 1 heterocycles. The second kappa shape index (κ2) is 6.18. The van der Waals surface area contributed by atoms with Crippen LogP contribution < -0.4 is 11.3 Å². The van der Waals surface area contributed by atoms with Crippen molar-refractivity contribution < 1.29 is 0 Å². The van der Waals surface area contributed by atoms with Crippen LogP contribution in [0.5, 0.6) is 0 Å². The summed E-state index contributed by atoms with van der Waals surface area (Å²) in [7, 11) is 0. The van der Waals surface area contributed by atoms with E-state index in [0.29, 0.717) is 17.7 Å². The molecular weight excluding hydrogens is 252 g/mol. The fourth-order valence-electron chi connectivity index (χ4n) is 1.77. The first-order valence-corrected chi connectivity index (χ1v) is 6.70. The Hall–Kier alpha value is -2.37. The number of aromatic nitrogens is 3. The molecule has 106 valence electrons. The molecule has 0 radical (unpaired) electrons. The highest BCUT2D eigenvalue weighted by molar-refractivity contribution is 5.80. The summed E-state index contributed by atoms with van der Waals surface area (Å²) in [5.74, 6) is 7.47. The van der Waals surface area contributed by atoms with Crippen LogP contribution in [-0.4, -0.2) is 21.1 Å². The van der Waals surface area contributed by atoms with Crippen molar-refractivity contribution in [2.45, 2.75) is 33.1 Å². The van der Waals surface area contributed by atoms with Crippen LogP contribution in [0.2, 0.25) is 0 Å². The fraction of sp³-hybridized carbons (Fsp3) is 0.357. The normalized spacial score (nSPS) is 11.4. The van der Waals surface area contributed by atoms with Crippen molar-refractivity contribution >= 4 is 12.2 Å². The lowest BCUT2D eigenvalue weighted by atomic mass is 10.0. The largest absolute Gasteiger partial charge is 0.335 e. The molecule has 0 spiro atoms. The minimum Gasteiger partial charge on any atom is -0.335 e. The molecule has 0 aliphatic carbocycles. The number of nitrogens with zero attached hydrogens (tertiary/aromatic N) is 4. The third-order valence-corrected chi connectivity index (χ3v) is 3.06. The van der Waals surface area contributed by atoms with Gasteiger partial charge in [0.15, 0.2) is 5.82 Å². The number of nitrogen functional groups attached to an aromatic ring is 1. The Balaban J connectivity index is 2.00. The van der Waals surface area contributed by atoms with E-state index in [0.717, 1.165) is 12.0 Å². The molecule has 0 atom stereocenters. The zero-order valence-electron chi connectivity index (χ0n) is 12.0. The van der Waals surface area contributed by atoms with Gasteiger partial charge in [0, 0.05) is 6.42 Å². The summed E-state index contributed by atoms with van der Waals surface area (Å²) in [4.78, 5) is 0. The van der Waals surface area contributed by atoms with E-state index in [4.69, 9.17) is 5.84 Å². The standard InChI is InChI=1S/C14H20N6/c1-4-13-17-19-14(20(13)15)18-16-9-11-5-7-12(8-6-11)10(2)3/h5-10H,4,15H2,1-3H3,(H,18,19)/b16-9+. The summed E-state index contributed by atoms with van der Waals surface area (Å²) in [5, 5.41) is 12.0. The predicted molar refractivity (Wildman–Crippen MR) is 81.3 cm³/mol. The number of nitrogens with one attached hydrogen (secondary N) is 1. The van der Waals surface area contributed by atoms with Gasteiger partial charge < -0.3 is 5.84 Å².